The molecule has 1 aromatic rings. The molecule has 98 valence electrons. The van der Waals surface area contributed by atoms with E-state index in [4.69, 9.17) is 9.47 Å². The van der Waals surface area contributed by atoms with Gasteiger partial charge in [0.15, 0.2) is 0 Å². The zero-order chi connectivity index (χ0) is 12.4. The number of nitrogens with one attached hydrogen (secondary N) is 1. The standard InChI is InChI=1S/C15H21NO2/c1-11(14-4-6-17-10-14)16-9-12-2-3-15-13(8-12)5-7-18-15/h2-3,8,11,14,16H,4-7,9-10H2,1H3. The SMILES string of the molecule is CC(NCc1ccc2c(c1)CCO2)C1CCOC1. The second kappa shape index (κ2) is 5.29. The number of hydrogen-bond donors (Lipinski definition) is 1. The van der Waals surface area contributed by atoms with Crippen LogP contribution in [-0.4, -0.2) is 25.9 Å². The van der Waals surface area contributed by atoms with Gasteiger partial charge in [-0.05, 0) is 36.5 Å². The molecule has 1 saturated heterocycles. The summed E-state index contributed by atoms with van der Waals surface area (Å²) in [7, 11) is 0. The van der Waals surface area contributed by atoms with E-state index in [0.29, 0.717) is 12.0 Å². The van der Waals surface area contributed by atoms with Crippen molar-refractivity contribution in [2.45, 2.75) is 32.4 Å². The second-order valence-corrected chi connectivity index (χ2v) is 5.33. The largest absolute Gasteiger partial charge is 0.493 e. The van der Waals surface area contributed by atoms with Crippen LogP contribution in [0.4, 0.5) is 0 Å². The molecule has 2 aliphatic rings. The Kier molecular flexibility index (Phi) is 3.52. The Morgan fingerprint density at radius 1 is 1.39 bits per heavy atom. The van der Waals surface area contributed by atoms with E-state index in [-0.39, 0.29) is 0 Å². The van der Waals surface area contributed by atoms with Crippen molar-refractivity contribution in [2.24, 2.45) is 5.92 Å². The van der Waals surface area contributed by atoms with Gasteiger partial charge in [0.25, 0.3) is 0 Å². The van der Waals surface area contributed by atoms with Gasteiger partial charge in [-0.3, -0.25) is 0 Å². The molecule has 18 heavy (non-hydrogen) atoms. The second-order valence-electron chi connectivity index (χ2n) is 5.33. The minimum atomic E-state index is 0.525. The van der Waals surface area contributed by atoms with E-state index in [0.717, 1.165) is 38.5 Å². The highest BCUT2D eigenvalue weighted by Crippen LogP contribution is 2.26. The molecule has 1 N–H and O–H groups in total. The van der Waals surface area contributed by atoms with Crippen molar-refractivity contribution in [3.8, 4) is 5.75 Å². The van der Waals surface area contributed by atoms with E-state index in [2.05, 4.69) is 30.4 Å². The van der Waals surface area contributed by atoms with Crippen molar-refractivity contribution in [1.82, 2.24) is 5.32 Å². The first-order valence-electron chi connectivity index (χ1n) is 6.88. The highest BCUT2D eigenvalue weighted by atomic mass is 16.5. The number of hydrogen-bond acceptors (Lipinski definition) is 3. The summed E-state index contributed by atoms with van der Waals surface area (Å²) in [6.45, 7) is 5.86. The van der Waals surface area contributed by atoms with Crippen LogP contribution in [0.2, 0.25) is 0 Å². The third-order valence-corrected chi connectivity index (χ3v) is 4.05. The number of ether oxygens (including phenoxy) is 2. The predicted octanol–water partition coefficient (Wildman–Crippen LogP) is 2.14. The number of fused-ring (bicyclic) bond motifs is 1. The first-order chi connectivity index (χ1) is 8.83. The van der Waals surface area contributed by atoms with Crippen LogP contribution in [0, 0.1) is 5.92 Å². The fraction of sp³-hybridized carbons (Fsp3) is 0.600. The maximum atomic E-state index is 5.52. The number of benzene rings is 1. The highest BCUT2D eigenvalue weighted by molar-refractivity contribution is 5.39. The van der Waals surface area contributed by atoms with Gasteiger partial charge in [-0.25, -0.2) is 0 Å². The molecule has 2 heterocycles. The number of rotatable bonds is 4. The van der Waals surface area contributed by atoms with Gasteiger partial charge in [0.2, 0.25) is 0 Å². The lowest BCUT2D eigenvalue weighted by molar-refractivity contribution is 0.178. The van der Waals surface area contributed by atoms with E-state index in [9.17, 15) is 0 Å². The van der Waals surface area contributed by atoms with Gasteiger partial charge in [-0.1, -0.05) is 12.1 Å². The Morgan fingerprint density at radius 3 is 3.17 bits per heavy atom. The third kappa shape index (κ3) is 2.52. The summed E-state index contributed by atoms with van der Waals surface area (Å²) >= 11 is 0. The monoisotopic (exact) mass is 247 g/mol. The van der Waals surface area contributed by atoms with Gasteiger partial charge < -0.3 is 14.8 Å². The quantitative estimate of drug-likeness (QED) is 0.884. The van der Waals surface area contributed by atoms with Gasteiger partial charge in [0.1, 0.15) is 5.75 Å². The van der Waals surface area contributed by atoms with Crippen LogP contribution in [0.5, 0.6) is 5.75 Å². The Balaban J connectivity index is 1.56. The molecular formula is C15H21NO2. The van der Waals surface area contributed by atoms with Crippen LogP contribution >= 0.6 is 0 Å². The summed E-state index contributed by atoms with van der Waals surface area (Å²) in [6, 6.07) is 7.06. The van der Waals surface area contributed by atoms with E-state index in [1.165, 1.54) is 17.5 Å². The van der Waals surface area contributed by atoms with E-state index < -0.39 is 0 Å². The first kappa shape index (κ1) is 12.0. The topological polar surface area (TPSA) is 30.5 Å². The van der Waals surface area contributed by atoms with Gasteiger partial charge in [-0.2, -0.15) is 0 Å². The van der Waals surface area contributed by atoms with Gasteiger partial charge in [-0.15, -0.1) is 0 Å². The van der Waals surface area contributed by atoms with Crippen molar-refractivity contribution in [3.63, 3.8) is 0 Å². The fourth-order valence-electron chi connectivity index (χ4n) is 2.74. The highest BCUT2D eigenvalue weighted by Gasteiger charge is 2.21. The molecule has 0 radical (unpaired) electrons. The fourth-order valence-corrected chi connectivity index (χ4v) is 2.74. The lowest BCUT2D eigenvalue weighted by Crippen LogP contribution is -2.33. The Hall–Kier alpha value is -1.06. The van der Waals surface area contributed by atoms with Crippen LogP contribution < -0.4 is 10.1 Å². The minimum Gasteiger partial charge on any atom is -0.493 e. The normalized spacial score (nSPS) is 23.7. The van der Waals surface area contributed by atoms with Crippen molar-refractivity contribution in [1.29, 1.82) is 0 Å². The maximum absolute atomic E-state index is 5.52. The molecule has 0 spiro atoms. The summed E-state index contributed by atoms with van der Waals surface area (Å²) in [5.41, 5.74) is 2.70. The molecule has 0 bridgehead atoms. The van der Waals surface area contributed by atoms with Crippen LogP contribution in [0.1, 0.15) is 24.5 Å². The summed E-state index contributed by atoms with van der Waals surface area (Å²) in [5.74, 6) is 1.73. The molecule has 0 aromatic heterocycles. The van der Waals surface area contributed by atoms with Crippen molar-refractivity contribution in [3.05, 3.63) is 29.3 Å². The average Bonchev–Trinajstić information content (AvgIpc) is 3.05. The third-order valence-electron chi connectivity index (χ3n) is 4.05. The molecule has 2 unspecified atom stereocenters. The van der Waals surface area contributed by atoms with Crippen molar-refractivity contribution >= 4 is 0 Å². The molecule has 0 saturated carbocycles. The molecule has 2 aliphatic heterocycles. The molecule has 3 rings (SSSR count). The Morgan fingerprint density at radius 2 is 2.33 bits per heavy atom. The summed E-state index contributed by atoms with van der Waals surface area (Å²) < 4.78 is 11.0. The summed E-state index contributed by atoms with van der Waals surface area (Å²) in [4.78, 5) is 0. The zero-order valence-electron chi connectivity index (χ0n) is 10.9. The van der Waals surface area contributed by atoms with Crippen LogP contribution in [0.25, 0.3) is 0 Å². The average molecular weight is 247 g/mol. The maximum Gasteiger partial charge on any atom is 0.122 e. The van der Waals surface area contributed by atoms with Crippen LogP contribution in [-0.2, 0) is 17.7 Å². The molecule has 0 amide bonds. The Bertz CT molecular complexity index is 413. The first-order valence-corrected chi connectivity index (χ1v) is 6.88. The molecule has 1 fully saturated rings. The van der Waals surface area contributed by atoms with Crippen molar-refractivity contribution < 1.29 is 9.47 Å². The molecule has 3 nitrogen and oxygen atoms in total. The van der Waals surface area contributed by atoms with E-state index >= 15 is 0 Å². The molecule has 3 heteroatoms. The Labute approximate surface area is 108 Å². The minimum absolute atomic E-state index is 0.525. The van der Waals surface area contributed by atoms with Gasteiger partial charge in [0.05, 0.1) is 13.2 Å². The molecule has 0 aliphatic carbocycles. The lowest BCUT2D eigenvalue weighted by atomic mass is 10.0. The summed E-state index contributed by atoms with van der Waals surface area (Å²) in [5, 5.41) is 3.61. The lowest BCUT2D eigenvalue weighted by Gasteiger charge is -2.19. The van der Waals surface area contributed by atoms with Gasteiger partial charge >= 0.3 is 0 Å². The predicted molar refractivity (Wildman–Crippen MR) is 70.9 cm³/mol. The molecular weight excluding hydrogens is 226 g/mol. The van der Waals surface area contributed by atoms with Crippen LogP contribution in [0.3, 0.4) is 0 Å². The van der Waals surface area contributed by atoms with Crippen molar-refractivity contribution in [2.75, 3.05) is 19.8 Å². The summed E-state index contributed by atoms with van der Waals surface area (Å²) in [6.07, 6.45) is 2.24. The van der Waals surface area contributed by atoms with E-state index in [1.807, 2.05) is 0 Å². The molecule has 2 atom stereocenters. The zero-order valence-corrected chi connectivity index (χ0v) is 10.9. The van der Waals surface area contributed by atoms with Crippen LogP contribution in [0.15, 0.2) is 18.2 Å². The van der Waals surface area contributed by atoms with E-state index in [1.54, 1.807) is 0 Å². The van der Waals surface area contributed by atoms with Gasteiger partial charge in [0, 0.05) is 25.6 Å². The smallest absolute Gasteiger partial charge is 0.122 e. The molecule has 1 aromatic carbocycles.